The lowest BCUT2D eigenvalue weighted by Gasteiger charge is -2.22. The zero-order valence-corrected chi connectivity index (χ0v) is 9.21. The molecule has 0 aromatic heterocycles. The first-order valence-electron chi connectivity index (χ1n) is 5.47. The monoisotopic (exact) mass is 241 g/mol. The molecular formula is C12H13F2NO2. The molecule has 0 amide bonds. The van der Waals surface area contributed by atoms with E-state index in [9.17, 15) is 13.6 Å². The lowest BCUT2D eigenvalue weighted by atomic mass is 10.0. The van der Waals surface area contributed by atoms with Crippen LogP contribution in [0.25, 0.3) is 0 Å². The minimum absolute atomic E-state index is 0.179. The maximum Gasteiger partial charge on any atom is 0.165 e. The Morgan fingerprint density at radius 1 is 1.41 bits per heavy atom. The minimum atomic E-state index is -1.00. The first-order chi connectivity index (χ1) is 8.16. The van der Waals surface area contributed by atoms with E-state index in [0.29, 0.717) is 13.2 Å². The van der Waals surface area contributed by atoms with Crippen LogP contribution in [-0.2, 0) is 4.74 Å². The largest absolute Gasteiger partial charge is 0.375 e. The summed E-state index contributed by atoms with van der Waals surface area (Å²) in [5.74, 6) is -2.19. The average molecular weight is 241 g/mol. The normalized spacial score (nSPS) is 20.2. The number of ketones is 1. The summed E-state index contributed by atoms with van der Waals surface area (Å²) in [6.07, 6.45) is -0.0118. The second-order valence-corrected chi connectivity index (χ2v) is 3.95. The molecule has 1 unspecified atom stereocenters. The van der Waals surface area contributed by atoms with Crippen molar-refractivity contribution >= 4 is 5.78 Å². The van der Waals surface area contributed by atoms with Gasteiger partial charge in [0.1, 0.15) is 0 Å². The highest BCUT2D eigenvalue weighted by atomic mass is 19.2. The molecule has 1 heterocycles. The third-order valence-corrected chi connectivity index (χ3v) is 2.66. The van der Waals surface area contributed by atoms with Crippen molar-refractivity contribution in [1.29, 1.82) is 0 Å². The van der Waals surface area contributed by atoms with E-state index in [2.05, 4.69) is 5.32 Å². The molecule has 1 aliphatic heterocycles. The van der Waals surface area contributed by atoms with Crippen LogP contribution in [0.15, 0.2) is 18.2 Å². The summed E-state index contributed by atoms with van der Waals surface area (Å²) in [7, 11) is 0. The molecule has 0 bridgehead atoms. The number of halogens is 2. The summed E-state index contributed by atoms with van der Waals surface area (Å²) >= 11 is 0. The van der Waals surface area contributed by atoms with Gasteiger partial charge in [0.25, 0.3) is 0 Å². The molecule has 17 heavy (non-hydrogen) atoms. The second kappa shape index (κ2) is 5.33. The number of nitrogens with one attached hydrogen (secondary N) is 1. The van der Waals surface area contributed by atoms with Crippen LogP contribution in [0.4, 0.5) is 8.78 Å². The number of hydrogen-bond donors (Lipinski definition) is 1. The molecule has 0 saturated carbocycles. The van der Waals surface area contributed by atoms with E-state index >= 15 is 0 Å². The molecule has 0 spiro atoms. The molecule has 2 rings (SSSR count). The minimum Gasteiger partial charge on any atom is -0.375 e. The summed E-state index contributed by atoms with van der Waals surface area (Å²) in [6.45, 7) is 1.95. The van der Waals surface area contributed by atoms with Crippen LogP contribution in [-0.4, -0.2) is 31.6 Å². The van der Waals surface area contributed by atoms with Crippen molar-refractivity contribution in [3.8, 4) is 0 Å². The molecule has 1 N–H and O–H groups in total. The van der Waals surface area contributed by atoms with Crippen molar-refractivity contribution in [3.63, 3.8) is 0 Å². The molecule has 3 nitrogen and oxygen atoms in total. The summed E-state index contributed by atoms with van der Waals surface area (Å²) in [4.78, 5) is 11.8. The predicted octanol–water partition coefficient (Wildman–Crippen LogP) is 1.53. The Balaban J connectivity index is 2.01. The fourth-order valence-corrected chi connectivity index (χ4v) is 1.75. The van der Waals surface area contributed by atoms with Gasteiger partial charge in [0.05, 0.1) is 12.7 Å². The first-order valence-corrected chi connectivity index (χ1v) is 5.47. The van der Waals surface area contributed by atoms with E-state index in [-0.39, 0.29) is 23.9 Å². The van der Waals surface area contributed by atoms with Gasteiger partial charge in [0.15, 0.2) is 17.4 Å². The third kappa shape index (κ3) is 3.08. The van der Waals surface area contributed by atoms with Crippen LogP contribution in [0.3, 0.4) is 0 Å². The number of carbonyl (C=O) groups excluding carboxylic acids is 1. The van der Waals surface area contributed by atoms with Gasteiger partial charge in [-0.2, -0.15) is 0 Å². The highest BCUT2D eigenvalue weighted by Crippen LogP contribution is 2.13. The smallest absolute Gasteiger partial charge is 0.165 e. The number of benzene rings is 1. The van der Waals surface area contributed by atoms with Crippen LogP contribution in [0.5, 0.6) is 0 Å². The summed E-state index contributed by atoms with van der Waals surface area (Å²) in [6, 6.07) is 3.17. The molecule has 1 aliphatic rings. The van der Waals surface area contributed by atoms with Gasteiger partial charge in [-0.25, -0.2) is 8.78 Å². The maximum atomic E-state index is 12.9. The summed E-state index contributed by atoms with van der Waals surface area (Å²) in [5.41, 5.74) is 0.179. The van der Waals surface area contributed by atoms with Crippen molar-refractivity contribution in [2.75, 3.05) is 19.7 Å². The molecule has 1 fully saturated rings. The Kier molecular flexibility index (Phi) is 3.81. The van der Waals surface area contributed by atoms with Crippen molar-refractivity contribution in [2.24, 2.45) is 0 Å². The summed E-state index contributed by atoms with van der Waals surface area (Å²) < 4.78 is 31.0. The Bertz CT molecular complexity index is 417. The van der Waals surface area contributed by atoms with Gasteiger partial charge in [0.2, 0.25) is 0 Å². The standard InChI is InChI=1S/C12H13F2NO2/c13-10-2-1-8(5-11(10)14)12(16)6-9-7-15-3-4-17-9/h1-2,5,9,15H,3-4,6-7H2. The zero-order valence-electron chi connectivity index (χ0n) is 9.21. The van der Waals surface area contributed by atoms with Gasteiger partial charge in [-0.1, -0.05) is 0 Å². The number of hydrogen-bond acceptors (Lipinski definition) is 3. The Morgan fingerprint density at radius 2 is 2.24 bits per heavy atom. The van der Waals surface area contributed by atoms with Crippen LogP contribution in [0.1, 0.15) is 16.8 Å². The van der Waals surface area contributed by atoms with E-state index in [1.807, 2.05) is 0 Å². The molecule has 1 aromatic carbocycles. The number of Topliss-reactive ketones (excluding diaryl/α,β-unsaturated/α-hetero) is 1. The van der Waals surface area contributed by atoms with Crippen molar-refractivity contribution in [2.45, 2.75) is 12.5 Å². The molecule has 0 radical (unpaired) electrons. The van der Waals surface area contributed by atoms with Gasteiger partial charge in [0, 0.05) is 25.1 Å². The third-order valence-electron chi connectivity index (χ3n) is 2.66. The van der Waals surface area contributed by atoms with Gasteiger partial charge < -0.3 is 10.1 Å². The number of carbonyl (C=O) groups is 1. The molecule has 1 aromatic rings. The van der Waals surface area contributed by atoms with E-state index in [1.165, 1.54) is 6.07 Å². The van der Waals surface area contributed by atoms with E-state index in [1.54, 1.807) is 0 Å². The molecule has 1 atom stereocenters. The number of morpholine rings is 1. The lowest BCUT2D eigenvalue weighted by Crippen LogP contribution is -2.39. The molecular weight excluding hydrogens is 228 g/mol. The Labute approximate surface area is 97.8 Å². The van der Waals surface area contributed by atoms with Gasteiger partial charge in [-0.05, 0) is 18.2 Å². The van der Waals surface area contributed by atoms with Gasteiger partial charge >= 0.3 is 0 Å². The fraction of sp³-hybridized carbons (Fsp3) is 0.417. The van der Waals surface area contributed by atoms with Crippen molar-refractivity contribution in [3.05, 3.63) is 35.4 Å². The van der Waals surface area contributed by atoms with Crippen LogP contribution in [0.2, 0.25) is 0 Å². The quantitative estimate of drug-likeness (QED) is 0.815. The number of ether oxygens (including phenoxy) is 1. The van der Waals surface area contributed by atoms with Crippen molar-refractivity contribution in [1.82, 2.24) is 5.32 Å². The molecule has 5 heteroatoms. The first kappa shape index (κ1) is 12.1. The second-order valence-electron chi connectivity index (χ2n) is 3.95. The SMILES string of the molecule is O=C(CC1CNCCO1)c1ccc(F)c(F)c1. The van der Waals surface area contributed by atoms with Gasteiger partial charge in [-0.15, -0.1) is 0 Å². The predicted molar refractivity (Wildman–Crippen MR) is 57.9 cm³/mol. The lowest BCUT2D eigenvalue weighted by molar-refractivity contribution is 0.0240. The van der Waals surface area contributed by atoms with E-state index in [4.69, 9.17) is 4.74 Å². The highest BCUT2D eigenvalue weighted by Gasteiger charge is 2.19. The number of rotatable bonds is 3. The summed E-state index contributed by atoms with van der Waals surface area (Å²) in [5, 5.41) is 3.10. The van der Waals surface area contributed by atoms with E-state index in [0.717, 1.165) is 18.7 Å². The maximum absolute atomic E-state index is 12.9. The van der Waals surface area contributed by atoms with Crippen molar-refractivity contribution < 1.29 is 18.3 Å². The van der Waals surface area contributed by atoms with Crippen LogP contribution in [0, 0.1) is 11.6 Å². The van der Waals surface area contributed by atoms with Crippen LogP contribution >= 0.6 is 0 Å². The Morgan fingerprint density at radius 3 is 2.88 bits per heavy atom. The molecule has 92 valence electrons. The van der Waals surface area contributed by atoms with Crippen LogP contribution < -0.4 is 5.32 Å². The zero-order chi connectivity index (χ0) is 12.3. The Hall–Kier alpha value is -1.33. The average Bonchev–Trinajstić information content (AvgIpc) is 2.34. The van der Waals surface area contributed by atoms with Gasteiger partial charge in [-0.3, -0.25) is 4.79 Å². The molecule has 0 aliphatic carbocycles. The highest BCUT2D eigenvalue weighted by molar-refractivity contribution is 5.96. The van der Waals surface area contributed by atoms with E-state index < -0.39 is 11.6 Å². The topological polar surface area (TPSA) is 38.3 Å². The fourth-order valence-electron chi connectivity index (χ4n) is 1.75. The molecule has 1 saturated heterocycles.